The van der Waals surface area contributed by atoms with Crippen LogP contribution in [0.25, 0.3) is 0 Å². The van der Waals surface area contributed by atoms with Crippen molar-refractivity contribution in [1.82, 2.24) is 0 Å². The van der Waals surface area contributed by atoms with Crippen LogP contribution < -0.4 is 4.74 Å². The Bertz CT molecular complexity index is 357. The second-order valence-corrected chi connectivity index (χ2v) is 3.43. The van der Waals surface area contributed by atoms with Crippen LogP contribution in [0.15, 0.2) is 36.4 Å². The predicted molar refractivity (Wildman–Crippen MR) is 62.7 cm³/mol. The highest BCUT2D eigenvalue weighted by Crippen LogP contribution is 2.15. The number of allylic oxidation sites excluding steroid dienone is 1. The Balaban J connectivity index is 2.28. The molecule has 3 nitrogen and oxygen atoms in total. The van der Waals surface area contributed by atoms with E-state index in [-0.39, 0.29) is 13.2 Å². The van der Waals surface area contributed by atoms with E-state index < -0.39 is 5.97 Å². The van der Waals surface area contributed by atoms with Gasteiger partial charge in [-0.3, -0.25) is 0 Å². The maximum absolute atomic E-state index is 11.2. The van der Waals surface area contributed by atoms with Gasteiger partial charge in [0.15, 0.2) is 6.61 Å². The summed E-state index contributed by atoms with van der Waals surface area (Å²) in [6.07, 6.45) is 3.56. The Kier molecular flexibility index (Phi) is 5.43. The summed E-state index contributed by atoms with van der Waals surface area (Å²) in [4.78, 5) is 11.2. The first-order chi connectivity index (χ1) is 7.72. The molecule has 0 fully saturated rings. The molecule has 0 radical (unpaired) electrons. The number of hydrogen-bond donors (Lipinski definition) is 0. The molecular formula is C12H13ClO3. The summed E-state index contributed by atoms with van der Waals surface area (Å²) in [5.41, 5.74) is 0. The van der Waals surface area contributed by atoms with E-state index in [9.17, 15) is 4.79 Å². The van der Waals surface area contributed by atoms with E-state index in [2.05, 4.69) is 0 Å². The van der Waals surface area contributed by atoms with Gasteiger partial charge in [0.1, 0.15) is 12.4 Å². The molecule has 0 saturated heterocycles. The highest BCUT2D eigenvalue weighted by Gasteiger charge is 2.02. The molecule has 0 bridgehead atoms. The molecule has 0 unspecified atom stereocenters. The average Bonchev–Trinajstić information content (AvgIpc) is 2.29. The van der Waals surface area contributed by atoms with Crippen LogP contribution in [0, 0.1) is 0 Å². The van der Waals surface area contributed by atoms with E-state index in [1.807, 2.05) is 13.0 Å². The third-order valence-corrected chi connectivity index (χ3v) is 2.00. The molecule has 0 N–H and O–H groups in total. The van der Waals surface area contributed by atoms with Gasteiger partial charge in [0, 0.05) is 5.02 Å². The van der Waals surface area contributed by atoms with E-state index >= 15 is 0 Å². The van der Waals surface area contributed by atoms with Crippen molar-refractivity contribution in [2.24, 2.45) is 0 Å². The van der Waals surface area contributed by atoms with Gasteiger partial charge in [-0.1, -0.05) is 23.8 Å². The molecule has 0 aromatic heterocycles. The first-order valence-corrected chi connectivity index (χ1v) is 5.25. The topological polar surface area (TPSA) is 35.5 Å². The van der Waals surface area contributed by atoms with Gasteiger partial charge in [-0.2, -0.15) is 0 Å². The van der Waals surface area contributed by atoms with Crippen molar-refractivity contribution in [3.05, 3.63) is 41.4 Å². The van der Waals surface area contributed by atoms with Crippen molar-refractivity contribution < 1.29 is 14.3 Å². The zero-order valence-corrected chi connectivity index (χ0v) is 9.74. The van der Waals surface area contributed by atoms with Gasteiger partial charge in [0.05, 0.1) is 0 Å². The summed E-state index contributed by atoms with van der Waals surface area (Å²) in [5.74, 6) is 0.195. The van der Waals surface area contributed by atoms with E-state index in [4.69, 9.17) is 21.1 Å². The fourth-order valence-electron chi connectivity index (χ4n) is 0.952. The van der Waals surface area contributed by atoms with Gasteiger partial charge in [0.2, 0.25) is 0 Å². The smallest absolute Gasteiger partial charge is 0.344 e. The largest absolute Gasteiger partial charge is 0.482 e. The number of esters is 1. The maximum Gasteiger partial charge on any atom is 0.344 e. The molecule has 1 aromatic carbocycles. The molecule has 0 spiro atoms. The second kappa shape index (κ2) is 6.90. The van der Waals surface area contributed by atoms with Crippen LogP contribution >= 0.6 is 11.6 Å². The molecule has 0 aliphatic carbocycles. The van der Waals surface area contributed by atoms with Crippen molar-refractivity contribution >= 4 is 17.6 Å². The molecule has 86 valence electrons. The number of carbonyl (C=O) groups is 1. The Labute approximate surface area is 99.6 Å². The summed E-state index contributed by atoms with van der Waals surface area (Å²) in [6.45, 7) is 2.04. The molecule has 1 rings (SSSR count). The van der Waals surface area contributed by atoms with Gasteiger partial charge in [-0.15, -0.1) is 0 Å². The highest BCUT2D eigenvalue weighted by atomic mass is 35.5. The van der Waals surface area contributed by atoms with Crippen LogP contribution in [0.5, 0.6) is 5.75 Å². The molecule has 1 aromatic rings. The molecule has 0 atom stereocenters. The Hall–Kier alpha value is -1.48. The minimum Gasteiger partial charge on any atom is -0.482 e. The van der Waals surface area contributed by atoms with Crippen LogP contribution in [0.2, 0.25) is 5.02 Å². The lowest BCUT2D eigenvalue weighted by Crippen LogP contribution is -2.14. The van der Waals surface area contributed by atoms with E-state index in [0.717, 1.165) is 0 Å². The van der Waals surface area contributed by atoms with Crippen molar-refractivity contribution in [2.75, 3.05) is 13.2 Å². The molecule has 16 heavy (non-hydrogen) atoms. The molecule has 0 aliphatic rings. The van der Waals surface area contributed by atoms with Crippen LogP contribution in [0.3, 0.4) is 0 Å². The molecular weight excluding hydrogens is 228 g/mol. The molecule has 0 saturated carbocycles. The fraction of sp³-hybridized carbons (Fsp3) is 0.250. The van der Waals surface area contributed by atoms with E-state index in [1.165, 1.54) is 0 Å². The number of carbonyl (C=O) groups excluding carboxylic acids is 1. The minimum absolute atomic E-state index is 0.0980. The number of ether oxygens (including phenoxy) is 2. The highest BCUT2D eigenvalue weighted by molar-refractivity contribution is 6.30. The first kappa shape index (κ1) is 12.6. The summed E-state index contributed by atoms with van der Waals surface area (Å²) >= 11 is 5.70. The molecule has 0 amide bonds. The average molecular weight is 241 g/mol. The van der Waals surface area contributed by atoms with E-state index in [0.29, 0.717) is 10.8 Å². The standard InChI is InChI=1S/C12H13ClO3/c1-2-3-8-15-12(14)9-16-11-6-4-10(13)5-7-11/h2-7H,8-9H2,1H3/b3-2-. The van der Waals surface area contributed by atoms with Crippen LogP contribution in [-0.4, -0.2) is 19.2 Å². The molecule has 0 aliphatic heterocycles. The number of benzene rings is 1. The fourth-order valence-corrected chi connectivity index (χ4v) is 1.08. The Morgan fingerprint density at radius 3 is 2.69 bits per heavy atom. The zero-order valence-electron chi connectivity index (χ0n) is 8.98. The lowest BCUT2D eigenvalue weighted by Gasteiger charge is -2.05. The summed E-state index contributed by atoms with van der Waals surface area (Å²) in [7, 11) is 0. The quantitative estimate of drug-likeness (QED) is 0.587. The van der Waals surface area contributed by atoms with Crippen molar-refractivity contribution in [3.63, 3.8) is 0 Å². The lowest BCUT2D eigenvalue weighted by molar-refractivity contribution is -0.144. The van der Waals surface area contributed by atoms with Crippen LogP contribution in [0.4, 0.5) is 0 Å². The third-order valence-electron chi connectivity index (χ3n) is 1.75. The predicted octanol–water partition coefficient (Wildman–Crippen LogP) is 2.84. The van der Waals surface area contributed by atoms with Gasteiger partial charge < -0.3 is 9.47 Å². The number of hydrogen-bond acceptors (Lipinski definition) is 3. The first-order valence-electron chi connectivity index (χ1n) is 4.87. The lowest BCUT2D eigenvalue weighted by atomic mass is 10.3. The van der Waals surface area contributed by atoms with E-state index in [1.54, 1.807) is 30.3 Å². The van der Waals surface area contributed by atoms with Crippen molar-refractivity contribution in [2.45, 2.75) is 6.92 Å². The summed E-state index contributed by atoms with van der Waals surface area (Å²) < 4.78 is 10.0. The van der Waals surface area contributed by atoms with Crippen LogP contribution in [0.1, 0.15) is 6.92 Å². The number of halogens is 1. The minimum atomic E-state index is -0.395. The van der Waals surface area contributed by atoms with Gasteiger partial charge in [-0.25, -0.2) is 4.79 Å². The summed E-state index contributed by atoms with van der Waals surface area (Å²) in [6, 6.07) is 6.78. The van der Waals surface area contributed by atoms with Crippen molar-refractivity contribution in [1.29, 1.82) is 0 Å². The Morgan fingerprint density at radius 2 is 2.06 bits per heavy atom. The second-order valence-electron chi connectivity index (χ2n) is 2.99. The molecule has 0 heterocycles. The van der Waals surface area contributed by atoms with Crippen molar-refractivity contribution in [3.8, 4) is 5.75 Å². The zero-order chi connectivity index (χ0) is 11.8. The maximum atomic E-state index is 11.2. The SMILES string of the molecule is C/C=C\COC(=O)COc1ccc(Cl)cc1. The third kappa shape index (κ3) is 4.84. The van der Waals surface area contributed by atoms with Gasteiger partial charge >= 0.3 is 5.97 Å². The monoisotopic (exact) mass is 240 g/mol. The van der Waals surface area contributed by atoms with Gasteiger partial charge in [-0.05, 0) is 31.2 Å². The number of rotatable bonds is 5. The summed E-state index contributed by atoms with van der Waals surface area (Å²) in [5, 5.41) is 0.628. The van der Waals surface area contributed by atoms with Gasteiger partial charge in [0.25, 0.3) is 0 Å². The Morgan fingerprint density at radius 1 is 1.38 bits per heavy atom. The molecule has 4 heteroatoms. The normalized spacial score (nSPS) is 10.4. The van der Waals surface area contributed by atoms with Crippen LogP contribution in [-0.2, 0) is 9.53 Å².